The molecular weight excluding hydrogens is 395 g/mol. The highest BCUT2D eigenvalue weighted by atomic mass is 35.5. The highest BCUT2D eigenvalue weighted by molar-refractivity contribution is 6.34. The summed E-state index contributed by atoms with van der Waals surface area (Å²) in [6, 6.07) is 11.8. The van der Waals surface area contributed by atoms with Crippen molar-refractivity contribution in [2.75, 3.05) is 33.5 Å². The number of aromatic nitrogens is 1. The number of benzene rings is 1. The molecule has 1 aromatic carbocycles. The zero-order valence-electron chi connectivity index (χ0n) is 16.7. The molecule has 2 aromatic rings. The number of hydrogen-bond acceptors (Lipinski definition) is 4. The highest BCUT2D eigenvalue weighted by Crippen LogP contribution is 2.34. The Labute approximate surface area is 178 Å². The van der Waals surface area contributed by atoms with Crippen LogP contribution in [0.4, 0.5) is 0 Å². The minimum absolute atomic E-state index is 0.0205. The van der Waals surface area contributed by atoms with E-state index in [1.54, 1.807) is 13.2 Å². The van der Waals surface area contributed by atoms with E-state index in [0.717, 1.165) is 43.6 Å². The molecule has 0 bridgehead atoms. The van der Waals surface area contributed by atoms with Crippen molar-refractivity contribution in [3.63, 3.8) is 0 Å². The number of nitrogens with one attached hydrogen (secondary N) is 1. The van der Waals surface area contributed by atoms with Gasteiger partial charge in [-0.15, -0.1) is 0 Å². The first-order valence-electron chi connectivity index (χ1n) is 9.73. The van der Waals surface area contributed by atoms with Gasteiger partial charge in [0, 0.05) is 47.6 Å². The summed E-state index contributed by atoms with van der Waals surface area (Å²) in [6.45, 7) is 5.75. The molecule has 0 aliphatic heterocycles. The van der Waals surface area contributed by atoms with Gasteiger partial charge in [-0.2, -0.15) is 0 Å². The Balaban J connectivity index is 1.96. The van der Waals surface area contributed by atoms with Gasteiger partial charge < -0.3 is 14.8 Å². The maximum Gasteiger partial charge on any atom is 0.0700 e. The summed E-state index contributed by atoms with van der Waals surface area (Å²) in [5, 5.41) is 4.84. The van der Waals surface area contributed by atoms with Gasteiger partial charge >= 0.3 is 0 Å². The third-order valence-corrected chi connectivity index (χ3v) is 5.51. The van der Waals surface area contributed by atoms with Crippen molar-refractivity contribution in [2.45, 2.75) is 38.1 Å². The number of methoxy groups -OCH3 is 1. The number of pyridine rings is 1. The molecule has 1 atom stereocenters. The van der Waals surface area contributed by atoms with Gasteiger partial charge in [-0.05, 0) is 61.7 Å². The molecule has 2 rings (SSSR count). The maximum atomic E-state index is 6.09. The summed E-state index contributed by atoms with van der Waals surface area (Å²) < 4.78 is 10.8. The molecule has 0 saturated heterocycles. The van der Waals surface area contributed by atoms with E-state index in [1.165, 1.54) is 0 Å². The van der Waals surface area contributed by atoms with E-state index in [9.17, 15) is 0 Å². The SMILES string of the molecule is CC[C@@](CCNCc1cc(Cl)cc(Cl)c1)(CCOCCOC)c1ccccn1. The fraction of sp³-hybridized carbons (Fsp3) is 0.500. The Bertz CT molecular complexity index is 680. The molecule has 0 saturated carbocycles. The second kappa shape index (κ2) is 12.4. The highest BCUT2D eigenvalue weighted by Gasteiger charge is 2.31. The quantitative estimate of drug-likeness (QED) is 0.444. The lowest BCUT2D eigenvalue weighted by Crippen LogP contribution is -2.33. The lowest BCUT2D eigenvalue weighted by molar-refractivity contribution is 0.0586. The van der Waals surface area contributed by atoms with E-state index in [2.05, 4.69) is 29.4 Å². The van der Waals surface area contributed by atoms with Crippen LogP contribution in [-0.4, -0.2) is 38.5 Å². The molecule has 1 N–H and O–H groups in total. The molecule has 154 valence electrons. The van der Waals surface area contributed by atoms with Crippen molar-refractivity contribution < 1.29 is 9.47 Å². The topological polar surface area (TPSA) is 43.4 Å². The Morgan fingerprint density at radius 1 is 1.04 bits per heavy atom. The van der Waals surface area contributed by atoms with Crippen LogP contribution in [0.1, 0.15) is 37.4 Å². The van der Waals surface area contributed by atoms with Crippen molar-refractivity contribution in [1.29, 1.82) is 0 Å². The third kappa shape index (κ3) is 7.34. The zero-order valence-corrected chi connectivity index (χ0v) is 18.2. The molecule has 0 aliphatic rings. The molecule has 4 nitrogen and oxygen atoms in total. The summed E-state index contributed by atoms with van der Waals surface area (Å²) in [5.41, 5.74) is 2.19. The van der Waals surface area contributed by atoms with E-state index in [4.69, 9.17) is 32.7 Å². The summed E-state index contributed by atoms with van der Waals surface area (Å²) >= 11 is 12.2. The maximum absolute atomic E-state index is 6.09. The van der Waals surface area contributed by atoms with E-state index < -0.39 is 0 Å². The third-order valence-electron chi connectivity index (χ3n) is 5.07. The van der Waals surface area contributed by atoms with Gasteiger partial charge in [-0.25, -0.2) is 0 Å². The van der Waals surface area contributed by atoms with E-state index in [1.807, 2.05) is 24.4 Å². The fourth-order valence-electron chi connectivity index (χ4n) is 3.38. The summed E-state index contributed by atoms with van der Waals surface area (Å²) in [6.07, 6.45) is 4.77. The number of halogens is 2. The molecule has 0 unspecified atom stereocenters. The van der Waals surface area contributed by atoms with Crippen LogP contribution in [0.5, 0.6) is 0 Å². The van der Waals surface area contributed by atoms with Gasteiger partial charge in [0.05, 0.1) is 13.2 Å². The van der Waals surface area contributed by atoms with Crippen molar-refractivity contribution in [3.05, 3.63) is 63.9 Å². The molecular formula is C22H30Cl2N2O2. The van der Waals surface area contributed by atoms with Crippen LogP contribution < -0.4 is 5.32 Å². The molecule has 0 fully saturated rings. The number of ether oxygens (including phenoxy) is 2. The van der Waals surface area contributed by atoms with Gasteiger partial charge in [0.25, 0.3) is 0 Å². The Kier molecular flexibility index (Phi) is 10.2. The molecule has 28 heavy (non-hydrogen) atoms. The number of rotatable bonds is 13. The van der Waals surface area contributed by atoms with Gasteiger partial charge in [-0.1, -0.05) is 36.2 Å². The second-order valence-corrected chi connectivity index (χ2v) is 7.78. The van der Waals surface area contributed by atoms with Gasteiger partial charge in [0.2, 0.25) is 0 Å². The van der Waals surface area contributed by atoms with Gasteiger partial charge in [0.1, 0.15) is 0 Å². The first-order chi connectivity index (χ1) is 13.6. The van der Waals surface area contributed by atoms with Crippen LogP contribution in [0.2, 0.25) is 10.0 Å². The van der Waals surface area contributed by atoms with E-state index in [-0.39, 0.29) is 5.41 Å². The standard InChI is InChI=1S/C22H30Cl2N2O2/c1-3-22(8-11-28-13-12-27-2,21-6-4-5-9-26-21)7-10-25-17-18-14-19(23)16-20(24)15-18/h4-6,9,14-16,25H,3,7-8,10-13,17H2,1-2H3/t22-/m1/s1. The Morgan fingerprint density at radius 2 is 1.82 bits per heavy atom. The average Bonchev–Trinajstić information content (AvgIpc) is 2.69. The average molecular weight is 425 g/mol. The minimum atomic E-state index is -0.0205. The lowest BCUT2D eigenvalue weighted by atomic mass is 9.75. The smallest absolute Gasteiger partial charge is 0.0700 e. The molecule has 0 amide bonds. The predicted octanol–water partition coefficient (Wildman–Crippen LogP) is 5.27. The van der Waals surface area contributed by atoms with Crippen LogP contribution in [0.15, 0.2) is 42.6 Å². The van der Waals surface area contributed by atoms with Crippen LogP contribution in [-0.2, 0) is 21.4 Å². The first kappa shape index (κ1) is 23.1. The predicted molar refractivity (Wildman–Crippen MR) is 116 cm³/mol. The van der Waals surface area contributed by atoms with Crippen molar-refractivity contribution in [3.8, 4) is 0 Å². The summed E-state index contributed by atoms with van der Waals surface area (Å²) in [7, 11) is 1.69. The van der Waals surface area contributed by atoms with Crippen LogP contribution in [0.3, 0.4) is 0 Å². The van der Waals surface area contributed by atoms with Crippen molar-refractivity contribution in [1.82, 2.24) is 10.3 Å². The first-order valence-corrected chi connectivity index (χ1v) is 10.5. The monoisotopic (exact) mass is 424 g/mol. The molecule has 6 heteroatoms. The molecule has 0 radical (unpaired) electrons. The van der Waals surface area contributed by atoms with E-state index in [0.29, 0.717) is 29.9 Å². The Hall–Kier alpha value is -1.17. The number of hydrogen-bond donors (Lipinski definition) is 1. The van der Waals surface area contributed by atoms with Gasteiger partial charge in [0.15, 0.2) is 0 Å². The lowest BCUT2D eigenvalue weighted by Gasteiger charge is -2.32. The minimum Gasteiger partial charge on any atom is -0.382 e. The summed E-state index contributed by atoms with van der Waals surface area (Å²) in [5.74, 6) is 0. The van der Waals surface area contributed by atoms with Gasteiger partial charge in [-0.3, -0.25) is 4.98 Å². The summed E-state index contributed by atoms with van der Waals surface area (Å²) in [4.78, 5) is 4.65. The second-order valence-electron chi connectivity index (χ2n) is 6.91. The Morgan fingerprint density at radius 3 is 2.46 bits per heavy atom. The van der Waals surface area contributed by atoms with Crippen molar-refractivity contribution >= 4 is 23.2 Å². The molecule has 0 aliphatic carbocycles. The van der Waals surface area contributed by atoms with Crippen LogP contribution in [0.25, 0.3) is 0 Å². The largest absolute Gasteiger partial charge is 0.382 e. The fourth-order valence-corrected chi connectivity index (χ4v) is 3.95. The molecule has 1 aromatic heterocycles. The normalized spacial score (nSPS) is 13.4. The van der Waals surface area contributed by atoms with Crippen molar-refractivity contribution in [2.24, 2.45) is 0 Å². The van der Waals surface area contributed by atoms with E-state index >= 15 is 0 Å². The van der Waals surface area contributed by atoms with Crippen LogP contribution >= 0.6 is 23.2 Å². The number of nitrogens with zero attached hydrogens (tertiary/aromatic N) is 1. The van der Waals surface area contributed by atoms with Crippen LogP contribution in [0, 0.1) is 0 Å². The zero-order chi connectivity index (χ0) is 20.2. The molecule has 0 spiro atoms. The molecule has 1 heterocycles.